The number of hydrogen-bond donors (Lipinski definition) is 1. The first-order chi connectivity index (χ1) is 13.7. The summed E-state index contributed by atoms with van der Waals surface area (Å²) in [6, 6.07) is 12.7. The summed E-state index contributed by atoms with van der Waals surface area (Å²) in [5.74, 6) is -0.219. The van der Waals surface area contributed by atoms with Gasteiger partial charge in [-0.1, -0.05) is 21.0 Å². The number of benzene rings is 2. The van der Waals surface area contributed by atoms with E-state index in [1.54, 1.807) is 26.0 Å². The van der Waals surface area contributed by atoms with Crippen molar-refractivity contribution in [3.63, 3.8) is 0 Å². The number of carbonyl (C=O) groups excluding carboxylic acids is 1. The molecule has 152 valence electrons. The Balaban J connectivity index is 1.73. The van der Waals surface area contributed by atoms with E-state index in [9.17, 15) is 13.2 Å². The predicted octanol–water partition coefficient (Wildman–Crippen LogP) is 3.78. The van der Waals surface area contributed by atoms with Crippen molar-refractivity contribution in [1.29, 1.82) is 0 Å². The summed E-state index contributed by atoms with van der Waals surface area (Å²) in [7, 11) is -2.10. The van der Waals surface area contributed by atoms with Gasteiger partial charge in [0.25, 0.3) is 5.91 Å². The van der Waals surface area contributed by atoms with Crippen LogP contribution in [-0.4, -0.2) is 41.9 Å². The fourth-order valence-electron chi connectivity index (χ4n) is 2.37. The zero-order valence-electron chi connectivity index (χ0n) is 16.0. The third-order valence-electron chi connectivity index (χ3n) is 4.26. The molecule has 0 radical (unpaired) electrons. The van der Waals surface area contributed by atoms with Crippen LogP contribution in [0.5, 0.6) is 0 Å². The van der Waals surface area contributed by atoms with E-state index in [1.807, 2.05) is 12.1 Å². The Hall–Kier alpha value is -2.56. The molecule has 0 saturated heterocycles. The van der Waals surface area contributed by atoms with Gasteiger partial charge >= 0.3 is 6.01 Å². The molecule has 3 rings (SSSR count). The first-order valence-electron chi connectivity index (χ1n) is 8.67. The number of rotatable bonds is 6. The average molecular weight is 479 g/mol. The minimum Gasteiger partial charge on any atom is -0.403 e. The standard InChI is InChI=1S/C19H19BrN4O4S/c1-12(2)24(3)29(26,27)16-10-6-13(7-11-16)17(25)21-19-23-22-18(28-19)14-4-8-15(20)9-5-14/h4-12H,1-3H3,(H,21,23,25). The minimum absolute atomic E-state index is 0.0517. The first-order valence-corrected chi connectivity index (χ1v) is 10.9. The Bertz CT molecular complexity index is 1110. The van der Waals surface area contributed by atoms with Gasteiger partial charge in [-0.05, 0) is 62.4 Å². The lowest BCUT2D eigenvalue weighted by Crippen LogP contribution is -2.33. The summed E-state index contributed by atoms with van der Waals surface area (Å²) >= 11 is 3.35. The third-order valence-corrected chi connectivity index (χ3v) is 6.83. The van der Waals surface area contributed by atoms with Crippen LogP contribution < -0.4 is 5.32 Å². The van der Waals surface area contributed by atoms with Gasteiger partial charge in [0.05, 0.1) is 4.90 Å². The molecule has 0 aliphatic carbocycles. The largest absolute Gasteiger partial charge is 0.403 e. The third kappa shape index (κ3) is 4.72. The lowest BCUT2D eigenvalue weighted by molar-refractivity contribution is 0.102. The molecular formula is C19H19BrN4O4S. The van der Waals surface area contributed by atoms with Crippen molar-refractivity contribution in [3.05, 3.63) is 58.6 Å². The van der Waals surface area contributed by atoms with Crippen LogP contribution in [0.2, 0.25) is 0 Å². The van der Waals surface area contributed by atoms with E-state index < -0.39 is 15.9 Å². The number of sulfonamides is 1. The van der Waals surface area contributed by atoms with Crippen molar-refractivity contribution in [2.45, 2.75) is 24.8 Å². The Labute approximate surface area is 177 Å². The van der Waals surface area contributed by atoms with Crippen LogP contribution in [0.1, 0.15) is 24.2 Å². The molecule has 1 heterocycles. The molecule has 10 heteroatoms. The van der Waals surface area contributed by atoms with Gasteiger partial charge in [0.1, 0.15) is 0 Å². The van der Waals surface area contributed by atoms with Gasteiger partial charge in [0.2, 0.25) is 15.9 Å². The van der Waals surface area contributed by atoms with Gasteiger partial charge in [0.15, 0.2) is 0 Å². The molecule has 8 nitrogen and oxygen atoms in total. The van der Waals surface area contributed by atoms with Crippen LogP contribution in [0.4, 0.5) is 6.01 Å². The van der Waals surface area contributed by atoms with E-state index in [4.69, 9.17) is 4.42 Å². The van der Waals surface area contributed by atoms with E-state index in [0.717, 1.165) is 4.47 Å². The molecule has 0 fully saturated rings. The molecule has 0 unspecified atom stereocenters. The lowest BCUT2D eigenvalue weighted by Gasteiger charge is -2.20. The number of halogens is 1. The maximum absolute atomic E-state index is 12.5. The molecule has 0 saturated carbocycles. The van der Waals surface area contributed by atoms with Gasteiger partial charge in [-0.2, -0.15) is 4.31 Å². The van der Waals surface area contributed by atoms with Crippen LogP contribution in [0.3, 0.4) is 0 Å². The summed E-state index contributed by atoms with van der Waals surface area (Å²) in [6.07, 6.45) is 0. The molecule has 0 aliphatic heterocycles. The summed E-state index contributed by atoms with van der Waals surface area (Å²) in [6.45, 7) is 3.57. The average Bonchev–Trinajstić information content (AvgIpc) is 3.16. The Kier molecular flexibility index (Phi) is 6.15. The highest BCUT2D eigenvalue weighted by atomic mass is 79.9. The molecule has 3 aromatic rings. The molecule has 1 N–H and O–H groups in total. The zero-order valence-corrected chi connectivity index (χ0v) is 18.4. The number of amides is 1. The monoisotopic (exact) mass is 478 g/mol. The summed E-state index contributed by atoms with van der Waals surface area (Å²) in [4.78, 5) is 12.5. The van der Waals surface area contributed by atoms with E-state index in [2.05, 4.69) is 31.4 Å². The van der Waals surface area contributed by atoms with Gasteiger partial charge < -0.3 is 4.42 Å². The second kappa shape index (κ2) is 8.44. The Morgan fingerprint density at radius 3 is 2.28 bits per heavy atom. The number of aromatic nitrogens is 2. The normalized spacial score (nSPS) is 11.8. The van der Waals surface area contributed by atoms with Crippen LogP contribution in [0.15, 0.2) is 62.3 Å². The lowest BCUT2D eigenvalue weighted by atomic mass is 10.2. The molecule has 1 amide bonds. The molecule has 0 atom stereocenters. The van der Waals surface area contributed by atoms with Gasteiger partial charge in [-0.3, -0.25) is 10.1 Å². The molecule has 2 aromatic carbocycles. The highest BCUT2D eigenvalue weighted by Crippen LogP contribution is 2.22. The fraction of sp³-hybridized carbons (Fsp3) is 0.211. The smallest absolute Gasteiger partial charge is 0.322 e. The van der Waals surface area contributed by atoms with Crippen LogP contribution >= 0.6 is 15.9 Å². The number of nitrogens with zero attached hydrogens (tertiary/aromatic N) is 3. The fourth-order valence-corrected chi connectivity index (χ4v) is 4.01. The summed E-state index contributed by atoms with van der Waals surface area (Å²) in [5, 5.41) is 10.2. The molecule has 0 bridgehead atoms. The van der Waals surface area contributed by atoms with Gasteiger partial charge in [-0.25, -0.2) is 8.42 Å². The van der Waals surface area contributed by atoms with Gasteiger partial charge in [0, 0.05) is 28.7 Å². The van der Waals surface area contributed by atoms with Crippen molar-refractivity contribution in [2.75, 3.05) is 12.4 Å². The molecule has 1 aromatic heterocycles. The van der Waals surface area contributed by atoms with E-state index >= 15 is 0 Å². The molecule has 0 aliphatic rings. The minimum atomic E-state index is -3.61. The SMILES string of the molecule is CC(C)N(C)S(=O)(=O)c1ccc(C(=O)Nc2nnc(-c3ccc(Br)cc3)o2)cc1. The van der Waals surface area contributed by atoms with Crippen molar-refractivity contribution in [2.24, 2.45) is 0 Å². The van der Waals surface area contributed by atoms with Crippen LogP contribution in [-0.2, 0) is 10.0 Å². The molecular weight excluding hydrogens is 460 g/mol. The topological polar surface area (TPSA) is 105 Å². The zero-order chi connectivity index (χ0) is 21.2. The quantitative estimate of drug-likeness (QED) is 0.577. The molecule has 29 heavy (non-hydrogen) atoms. The first kappa shape index (κ1) is 21.2. The van der Waals surface area contributed by atoms with E-state index in [0.29, 0.717) is 5.56 Å². The predicted molar refractivity (Wildman–Crippen MR) is 112 cm³/mol. The Morgan fingerprint density at radius 1 is 1.07 bits per heavy atom. The highest BCUT2D eigenvalue weighted by Gasteiger charge is 2.23. The maximum atomic E-state index is 12.5. The van der Waals surface area contributed by atoms with Crippen molar-refractivity contribution in [1.82, 2.24) is 14.5 Å². The number of nitrogens with one attached hydrogen (secondary N) is 1. The molecule has 0 spiro atoms. The number of anilines is 1. The maximum Gasteiger partial charge on any atom is 0.322 e. The number of hydrogen-bond acceptors (Lipinski definition) is 6. The van der Waals surface area contributed by atoms with Crippen molar-refractivity contribution < 1.29 is 17.6 Å². The second-order valence-corrected chi connectivity index (χ2v) is 9.43. The Morgan fingerprint density at radius 2 is 1.69 bits per heavy atom. The van der Waals surface area contributed by atoms with Crippen molar-refractivity contribution >= 4 is 37.9 Å². The number of carbonyl (C=O) groups is 1. The van der Waals surface area contributed by atoms with Gasteiger partial charge in [-0.15, -0.1) is 5.10 Å². The van der Waals surface area contributed by atoms with Crippen molar-refractivity contribution in [3.8, 4) is 11.5 Å². The van der Waals surface area contributed by atoms with E-state index in [-0.39, 0.29) is 28.4 Å². The van der Waals surface area contributed by atoms with E-state index in [1.165, 1.54) is 35.6 Å². The second-order valence-electron chi connectivity index (χ2n) is 6.51. The summed E-state index contributed by atoms with van der Waals surface area (Å²) < 4.78 is 32.6. The summed E-state index contributed by atoms with van der Waals surface area (Å²) in [5.41, 5.74) is 0.976. The van der Waals surface area contributed by atoms with Crippen LogP contribution in [0.25, 0.3) is 11.5 Å². The van der Waals surface area contributed by atoms with Crippen LogP contribution in [0, 0.1) is 0 Å². The highest BCUT2D eigenvalue weighted by molar-refractivity contribution is 9.10.